The van der Waals surface area contributed by atoms with Crippen LogP contribution in [0.2, 0.25) is 0 Å². The highest BCUT2D eigenvalue weighted by Crippen LogP contribution is 2.04. The average molecular weight is 323 g/mol. The lowest BCUT2D eigenvalue weighted by Crippen LogP contribution is -2.05. The number of aliphatic hydroxyl groups excluding tert-OH is 1. The van der Waals surface area contributed by atoms with Crippen LogP contribution in [0, 0.1) is 0 Å². The van der Waals surface area contributed by atoms with Gasteiger partial charge in [0, 0.05) is 21.0 Å². The smallest absolute Gasteiger partial charge is 0.108 e. The topological polar surface area (TPSA) is 122 Å². The summed E-state index contributed by atoms with van der Waals surface area (Å²) < 4.78 is 17.2. The Morgan fingerprint density at radius 1 is 1.35 bits per heavy atom. The molecule has 1 N–H and O–H groups in total. The van der Waals surface area contributed by atoms with E-state index < -0.39 is 0 Å². The molecular formula is C14H21N7O2. The molecule has 0 aliphatic carbocycles. The van der Waals surface area contributed by atoms with Gasteiger partial charge < -0.3 is 9.84 Å². The monoisotopic (exact) mass is 323 g/mol. The lowest BCUT2D eigenvalue weighted by molar-refractivity contribution is 0.115. The molecule has 0 spiro atoms. The lowest BCUT2D eigenvalue weighted by atomic mass is 10.3. The molecule has 0 aliphatic heterocycles. The van der Waals surface area contributed by atoms with Crippen molar-refractivity contribution in [3.63, 3.8) is 0 Å². The Morgan fingerprint density at radius 2 is 2.22 bits per heavy atom. The number of azide groups is 1. The minimum atomic E-state index is -0.124. The normalized spacial score (nSPS) is 10.8. The van der Waals surface area contributed by atoms with E-state index in [1.165, 1.54) is 0 Å². The summed E-state index contributed by atoms with van der Waals surface area (Å²) in [7, 11) is 0. The van der Waals surface area contributed by atoms with E-state index in [1.54, 1.807) is 10.9 Å². The SMILES string of the molecule is [3H][3H].[N-]=[N+]=NCCCCOCc1cccc(Cn2cc(CO)nn2)n1. The summed E-state index contributed by atoms with van der Waals surface area (Å²) in [4.78, 5) is 7.21. The number of unbranched alkanes of at least 4 members (excludes halogenated alkanes) is 1. The molecule has 124 valence electrons. The Morgan fingerprint density at radius 3 is 3.00 bits per heavy atom. The van der Waals surface area contributed by atoms with Crippen LogP contribution in [0.4, 0.5) is 0 Å². The standard InChI is InChI=1S/C14H19N7O2.H2/c15-19-16-6-1-2-7-23-11-13-5-3-4-12(17-13)8-21-9-14(10-22)18-20-21;/h3-5,9,22H,1-2,6-8,10-11H2;1H/i;1+2T. The van der Waals surface area contributed by atoms with Gasteiger partial charge in [0.2, 0.25) is 0 Å². The van der Waals surface area contributed by atoms with Crippen LogP contribution < -0.4 is 0 Å². The zero-order valence-electron chi connectivity index (χ0n) is 14.7. The summed E-state index contributed by atoms with van der Waals surface area (Å²) >= 11 is 0. The molecule has 0 aromatic carbocycles. The highest BCUT2D eigenvalue weighted by Gasteiger charge is 2.03. The van der Waals surface area contributed by atoms with E-state index in [0.717, 1.165) is 24.2 Å². The second kappa shape index (κ2) is 9.52. The maximum atomic E-state index is 8.98. The van der Waals surface area contributed by atoms with Gasteiger partial charge in [-0.05, 0) is 30.5 Å². The first-order valence-electron chi connectivity index (χ1n) is 8.35. The summed E-state index contributed by atoms with van der Waals surface area (Å²) in [6, 6.07) is 5.74. The van der Waals surface area contributed by atoms with Crippen molar-refractivity contribution in [3.8, 4) is 0 Å². The molecule has 9 heteroatoms. The Labute approximate surface area is 136 Å². The number of aliphatic hydroxyl groups is 1. The predicted molar refractivity (Wildman–Crippen MR) is 84.3 cm³/mol. The van der Waals surface area contributed by atoms with Gasteiger partial charge in [-0.25, -0.2) is 4.68 Å². The number of hydrogen-bond donors (Lipinski definition) is 1. The van der Waals surface area contributed by atoms with Crippen molar-refractivity contribution >= 4 is 0 Å². The van der Waals surface area contributed by atoms with Gasteiger partial charge in [0.25, 0.3) is 0 Å². The van der Waals surface area contributed by atoms with Gasteiger partial charge in [0.1, 0.15) is 5.69 Å². The van der Waals surface area contributed by atoms with Crippen LogP contribution in [0.5, 0.6) is 0 Å². The van der Waals surface area contributed by atoms with Gasteiger partial charge in [0.15, 0.2) is 0 Å². The maximum Gasteiger partial charge on any atom is 0.108 e. The Bertz CT molecular complexity index is 662. The molecule has 2 rings (SSSR count). The molecule has 2 heterocycles. The summed E-state index contributed by atoms with van der Waals surface area (Å²) in [5.41, 5.74) is 10.4. The fourth-order valence-corrected chi connectivity index (χ4v) is 1.96. The molecular weight excluding hydrogens is 298 g/mol. The number of rotatable bonds is 10. The Balaban J connectivity index is 0.00000151. The maximum absolute atomic E-state index is 8.98. The third-order valence-corrected chi connectivity index (χ3v) is 3.05. The van der Waals surface area contributed by atoms with Crippen LogP contribution in [0.3, 0.4) is 0 Å². The van der Waals surface area contributed by atoms with Gasteiger partial charge in [0.05, 0.1) is 37.3 Å². The molecule has 0 aliphatic rings. The summed E-state index contributed by atoms with van der Waals surface area (Å²) in [6.45, 7) is 1.92. The van der Waals surface area contributed by atoms with Crippen molar-refractivity contribution in [2.45, 2.75) is 32.6 Å². The molecule has 2 aromatic heterocycles. The van der Waals surface area contributed by atoms with Crippen molar-refractivity contribution in [2.75, 3.05) is 13.2 Å². The van der Waals surface area contributed by atoms with Crippen molar-refractivity contribution in [1.82, 2.24) is 20.0 Å². The summed E-state index contributed by atoms with van der Waals surface area (Å²) in [5.74, 6) is 0. The molecule has 0 fully saturated rings. The number of hydrogen-bond acceptors (Lipinski definition) is 6. The molecule has 23 heavy (non-hydrogen) atoms. The molecule has 2 aromatic rings. The minimum Gasteiger partial charge on any atom is -0.390 e. The van der Waals surface area contributed by atoms with Gasteiger partial charge in [-0.15, -0.1) is 5.10 Å². The molecule has 0 amide bonds. The highest BCUT2D eigenvalue weighted by atomic mass is 16.5. The number of nitrogens with zero attached hydrogens (tertiary/aromatic N) is 7. The first-order chi connectivity index (χ1) is 12.3. The molecule has 0 bridgehead atoms. The zero-order valence-corrected chi connectivity index (χ0v) is 12.7. The third kappa shape index (κ3) is 6.03. The second-order valence-corrected chi connectivity index (χ2v) is 4.90. The van der Waals surface area contributed by atoms with Crippen molar-refractivity contribution in [2.24, 2.45) is 5.11 Å². The summed E-state index contributed by atoms with van der Waals surface area (Å²) in [5, 5.41) is 20.2. The first-order valence-corrected chi connectivity index (χ1v) is 7.35. The van der Waals surface area contributed by atoms with Crippen LogP contribution in [-0.2, 0) is 24.5 Å². The van der Waals surface area contributed by atoms with Gasteiger partial charge >= 0.3 is 0 Å². The molecule has 0 saturated heterocycles. The fraction of sp³-hybridized carbons (Fsp3) is 0.500. The molecule has 0 radical (unpaired) electrons. The largest absolute Gasteiger partial charge is 0.390 e. The molecule has 0 atom stereocenters. The van der Waals surface area contributed by atoms with E-state index in [-0.39, 0.29) is 6.61 Å². The van der Waals surface area contributed by atoms with E-state index in [9.17, 15) is 0 Å². The van der Waals surface area contributed by atoms with Crippen LogP contribution in [0.25, 0.3) is 10.4 Å². The van der Waals surface area contributed by atoms with Crippen LogP contribution in [-0.4, -0.2) is 38.2 Å². The highest BCUT2D eigenvalue weighted by molar-refractivity contribution is 5.11. The molecule has 9 nitrogen and oxygen atoms in total. The quantitative estimate of drug-likeness (QED) is 0.310. The van der Waals surface area contributed by atoms with E-state index in [2.05, 4.69) is 25.3 Å². The van der Waals surface area contributed by atoms with Gasteiger partial charge in [-0.3, -0.25) is 4.98 Å². The zero-order chi connectivity index (χ0) is 18.3. The fourth-order valence-electron chi connectivity index (χ4n) is 1.96. The third-order valence-electron chi connectivity index (χ3n) is 3.05. The molecule has 0 saturated carbocycles. The second-order valence-electron chi connectivity index (χ2n) is 4.90. The van der Waals surface area contributed by atoms with Crippen molar-refractivity contribution in [1.29, 1.82) is 0 Å². The average Bonchev–Trinajstić information content (AvgIpc) is 3.10. The van der Waals surface area contributed by atoms with Crippen molar-refractivity contribution in [3.05, 3.63) is 51.9 Å². The van der Waals surface area contributed by atoms with Crippen molar-refractivity contribution < 1.29 is 12.8 Å². The van der Waals surface area contributed by atoms with Crippen LogP contribution >= 0.6 is 0 Å². The molecule has 0 unspecified atom stereocenters. The van der Waals surface area contributed by atoms with Gasteiger partial charge in [-0.1, -0.05) is 16.4 Å². The summed E-state index contributed by atoms with van der Waals surface area (Å²) in [6.07, 6.45) is 3.35. The Hall–Kier alpha value is -2.48. The lowest BCUT2D eigenvalue weighted by Gasteiger charge is -2.06. The van der Waals surface area contributed by atoms with E-state index in [0.29, 0.717) is 32.0 Å². The van der Waals surface area contributed by atoms with E-state index in [4.69, 9.17) is 18.3 Å². The van der Waals surface area contributed by atoms with Crippen LogP contribution in [0.15, 0.2) is 29.5 Å². The number of ether oxygens (including phenoxy) is 1. The van der Waals surface area contributed by atoms with E-state index in [1.807, 2.05) is 18.2 Å². The Kier molecular flexibility index (Phi) is 6.38. The van der Waals surface area contributed by atoms with Gasteiger partial charge in [-0.2, -0.15) is 0 Å². The van der Waals surface area contributed by atoms with Crippen LogP contribution in [0.1, 0.15) is 32.9 Å². The number of aromatic nitrogens is 4. The van der Waals surface area contributed by atoms with E-state index >= 15 is 0 Å². The minimum absolute atomic E-state index is 0.124. The first kappa shape index (κ1) is 15.4. The predicted octanol–water partition coefficient (Wildman–Crippen LogP) is 2.07. The number of pyridine rings is 1.